The predicted octanol–water partition coefficient (Wildman–Crippen LogP) is 3.63. The molecule has 0 spiro atoms. The molecule has 1 aromatic carbocycles. The van der Waals surface area contributed by atoms with Gasteiger partial charge in [-0.15, -0.1) is 11.6 Å². The van der Waals surface area contributed by atoms with Crippen molar-refractivity contribution in [2.45, 2.75) is 32.3 Å². The molecule has 0 amide bonds. The number of alkyl halides is 1. The van der Waals surface area contributed by atoms with E-state index in [1.165, 1.54) is 5.56 Å². The lowest BCUT2D eigenvalue weighted by molar-refractivity contribution is 0.660. The van der Waals surface area contributed by atoms with Crippen molar-refractivity contribution in [2.75, 3.05) is 4.90 Å². The van der Waals surface area contributed by atoms with Crippen LogP contribution in [0.1, 0.15) is 25.0 Å². The van der Waals surface area contributed by atoms with Crippen LogP contribution in [0.2, 0.25) is 0 Å². The highest BCUT2D eigenvalue weighted by Crippen LogP contribution is 2.15. The molecule has 0 fully saturated rings. The number of halogens is 1. The Balaban J connectivity index is 2.19. The van der Waals surface area contributed by atoms with Gasteiger partial charge in [-0.05, 0) is 19.4 Å². The molecule has 0 aliphatic rings. The van der Waals surface area contributed by atoms with Crippen LogP contribution in [0.15, 0.2) is 42.7 Å². The van der Waals surface area contributed by atoms with Crippen LogP contribution in [0.3, 0.4) is 0 Å². The minimum atomic E-state index is 0.335. The summed E-state index contributed by atoms with van der Waals surface area (Å²) in [6.07, 6.45) is 3.57. The molecule has 4 heteroatoms. The van der Waals surface area contributed by atoms with E-state index in [0.717, 1.165) is 18.1 Å². The van der Waals surface area contributed by atoms with Crippen molar-refractivity contribution in [1.82, 2.24) is 9.97 Å². The Morgan fingerprint density at radius 3 is 2.21 bits per heavy atom. The third-order valence-electron chi connectivity index (χ3n) is 2.92. The van der Waals surface area contributed by atoms with Gasteiger partial charge >= 0.3 is 0 Å². The lowest BCUT2D eigenvalue weighted by Gasteiger charge is -2.26. The monoisotopic (exact) mass is 275 g/mol. The number of anilines is 1. The molecule has 0 radical (unpaired) electrons. The van der Waals surface area contributed by atoms with Crippen molar-refractivity contribution >= 4 is 17.5 Å². The van der Waals surface area contributed by atoms with Crippen molar-refractivity contribution in [3.05, 3.63) is 53.9 Å². The molecule has 0 aliphatic heterocycles. The van der Waals surface area contributed by atoms with Gasteiger partial charge < -0.3 is 4.90 Å². The van der Waals surface area contributed by atoms with Gasteiger partial charge in [-0.3, -0.25) is 0 Å². The van der Waals surface area contributed by atoms with Crippen LogP contribution in [0, 0.1) is 0 Å². The largest absolute Gasteiger partial charge is 0.334 e. The Bertz CT molecular complexity index is 497. The molecule has 0 N–H and O–H groups in total. The lowest BCUT2D eigenvalue weighted by Crippen LogP contribution is -2.31. The third kappa shape index (κ3) is 3.67. The standard InChI is InChI=1S/C15H18ClN3/c1-12(2)19(11-13-6-4-3-5-7-13)15-17-9-14(8-16)10-18-15/h3-7,9-10,12H,8,11H2,1-2H3. The van der Waals surface area contributed by atoms with E-state index in [4.69, 9.17) is 11.6 Å². The van der Waals surface area contributed by atoms with Crippen LogP contribution in [0.5, 0.6) is 0 Å². The van der Waals surface area contributed by atoms with Crippen molar-refractivity contribution in [2.24, 2.45) is 0 Å². The van der Waals surface area contributed by atoms with E-state index in [0.29, 0.717) is 11.9 Å². The fourth-order valence-electron chi connectivity index (χ4n) is 1.83. The number of benzene rings is 1. The van der Waals surface area contributed by atoms with Gasteiger partial charge in [0.15, 0.2) is 0 Å². The molecule has 19 heavy (non-hydrogen) atoms. The summed E-state index contributed by atoms with van der Waals surface area (Å²) < 4.78 is 0. The van der Waals surface area contributed by atoms with Gasteiger partial charge in [-0.2, -0.15) is 0 Å². The van der Waals surface area contributed by atoms with Crippen LogP contribution in [0.4, 0.5) is 5.95 Å². The first-order valence-electron chi connectivity index (χ1n) is 6.38. The normalized spacial score (nSPS) is 10.7. The maximum absolute atomic E-state index is 5.76. The second-order valence-electron chi connectivity index (χ2n) is 4.73. The van der Waals surface area contributed by atoms with Gasteiger partial charge in [0.1, 0.15) is 0 Å². The molecule has 2 aromatic rings. The highest BCUT2D eigenvalue weighted by atomic mass is 35.5. The second-order valence-corrected chi connectivity index (χ2v) is 5.00. The maximum atomic E-state index is 5.76. The molecule has 100 valence electrons. The number of aromatic nitrogens is 2. The average molecular weight is 276 g/mol. The van der Waals surface area contributed by atoms with E-state index in [1.807, 2.05) is 18.2 Å². The molecule has 0 unspecified atom stereocenters. The summed E-state index contributed by atoms with van der Waals surface area (Å²) in [5.41, 5.74) is 2.19. The molecular weight excluding hydrogens is 258 g/mol. The van der Waals surface area contributed by atoms with Crippen molar-refractivity contribution in [3.63, 3.8) is 0 Å². The van der Waals surface area contributed by atoms with Crippen molar-refractivity contribution in [3.8, 4) is 0 Å². The SMILES string of the molecule is CC(C)N(Cc1ccccc1)c1ncc(CCl)cn1. The highest BCUT2D eigenvalue weighted by molar-refractivity contribution is 6.17. The van der Waals surface area contributed by atoms with Crippen LogP contribution < -0.4 is 4.90 Å². The van der Waals surface area contributed by atoms with Gasteiger partial charge in [0.05, 0.1) is 5.88 Å². The van der Waals surface area contributed by atoms with E-state index < -0.39 is 0 Å². The molecule has 0 saturated heterocycles. The predicted molar refractivity (Wildman–Crippen MR) is 79.4 cm³/mol. The topological polar surface area (TPSA) is 29.0 Å². The van der Waals surface area contributed by atoms with E-state index >= 15 is 0 Å². The smallest absolute Gasteiger partial charge is 0.225 e. The summed E-state index contributed by atoms with van der Waals surface area (Å²) in [6, 6.07) is 10.7. The Morgan fingerprint density at radius 2 is 1.68 bits per heavy atom. The first-order chi connectivity index (χ1) is 9.20. The molecule has 0 atom stereocenters. The first kappa shape index (κ1) is 13.8. The molecular formula is C15H18ClN3. The highest BCUT2D eigenvalue weighted by Gasteiger charge is 2.13. The molecule has 3 nitrogen and oxygen atoms in total. The van der Waals surface area contributed by atoms with Crippen LogP contribution >= 0.6 is 11.6 Å². The van der Waals surface area contributed by atoms with Crippen LogP contribution in [0.25, 0.3) is 0 Å². The van der Waals surface area contributed by atoms with E-state index in [-0.39, 0.29) is 0 Å². The Hall–Kier alpha value is -1.61. The fourth-order valence-corrected chi connectivity index (χ4v) is 1.97. The van der Waals surface area contributed by atoms with E-state index in [9.17, 15) is 0 Å². The Labute approximate surface area is 119 Å². The van der Waals surface area contributed by atoms with E-state index in [2.05, 4.69) is 40.8 Å². The molecule has 2 rings (SSSR count). The van der Waals surface area contributed by atoms with Gasteiger partial charge in [0, 0.05) is 30.5 Å². The van der Waals surface area contributed by atoms with Gasteiger partial charge in [0.2, 0.25) is 5.95 Å². The number of hydrogen-bond donors (Lipinski definition) is 0. The molecule has 1 heterocycles. The second kappa shape index (κ2) is 6.53. The summed E-state index contributed by atoms with van der Waals surface area (Å²) in [7, 11) is 0. The summed E-state index contributed by atoms with van der Waals surface area (Å²) in [6.45, 7) is 5.09. The fraction of sp³-hybridized carbons (Fsp3) is 0.333. The van der Waals surface area contributed by atoms with Crippen LogP contribution in [-0.4, -0.2) is 16.0 Å². The molecule has 0 saturated carbocycles. The minimum Gasteiger partial charge on any atom is -0.334 e. The Kier molecular flexibility index (Phi) is 4.74. The number of rotatable bonds is 5. The van der Waals surface area contributed by atoms with Gasteiger partial charge in [-0.1, -0.05) is 30.3 Å². The summed E-state index contributed by atoms with van der Waals surface area (Å²) in [5, 5.41) is 0. The minimum absolute atomic E-state index is 0.335. The van der Waals surface area contributed by atoms with Gasteiger partial charge in [0.25, 0.3) is 0 Å². The molecule has 0 bridgehead atoms. The molecule has 1 aromatic heterocycles. The first-order valence-corrected chi connectivity index (χ1v) is 6.91. The number of nitrogens with zero attached hydrogens (tertiary/aromatic N) is 3. The zero-order valence-corrected chi connectivity index (χ0v) is 12.0. The quantitative estimate of drug-likeness (QED) is 0.780. The molecule has 0 aliphatic carbocycles. The number of hydrogen-bond acceptors (Lipinski definition) is 3. The average Bonchev–Trinajstić information content (AvgIpc) is 2.46. The van der Waals surface area contributed by atoms with Crippen LogP contribution in [-0.2, 0) is 12.4 Å². The van der Waals surface area contributed by atoms with Crippen molar-refractivity contribution < 1.29 is 0 Å². The zero-order chi connectivity index (χ0) is 13.7. The third-order valence-corrected chi connectivity index (χ3v) is 3.23. The summed E-state index contributed by atoms with van der Waals surface area (Å²) in [5.74, 6) is 1.19. The maximum Gasteiger partial charge on any atom is 0.225 e. The lowest BCUT2D eigenvalue weighted by atomic mass is 10.2. The summed E-state index contributed by atoms with van der Waals surface area (Å²) in [4.78, 5) is 11.0. The van der Waals surface area contributed by atoms with E-state index in [1.54, 1.807) is 12.4 Å². The van der Waals surface area contributed by atoms with Gasteiger partial charge in [-0.25, -0.2) is 9.97 Å². The summed E-state index contributed by atoms with van der Waals surface area (Å²) >= 11 is 5.76. The zero-order valence-electron chi connectivity index (χ0n) is 11.3. The Morgan fingerprint density at radius 1 is 1.05 bits per heavy atom. The van der Waals surface area contributed by atoms with Crippen molar-refractivity contribution in [1.29, 1.82) is 0 Å².